The van der Waals surface area contributed by atoms with Crippen LogP contribution in [0.2, 0.25) is 5.02 Å². The van der Waals surface area contributed by atoms with Crippen LogP contribution in [0.25, 0.3) is 10.8 Å². The molecule has 0 saturated carbocycles. The second-order valence-electron chi connectivity index (χ2n) is 5.44. The van der Waals surface area contributed by atoms with Gasteiger partial charge in [-0.15, -0.1) is 0 Å². The molecule has 1 atom stereocenters. The van der Waals surface area contributed by atoms with Crippen molar-refractivity contribution in [2.24, 2.45) is 5.73 Å². The minimum atomic E-state index is -0.236. The van der Waals surface area contributed by atoms with E-state index in [0.29, 0.717) is 17.0 Å². The van der Waals surface area contributed by atoms with Gasteiger partial charge in [0, 0.05) is 11.7 Å². The number of nitrogens with zero attached hydrogens (tertiary/aromatic N) is 1. The Hall–Kier alpha value is -2.10. The van der Waals surface area contributed by atoms with E-state index in [-0.39, 0.29) is 11.6 Å². The maximum absolute atomic E-state index is 12.9. The van der Waals surface area contributed by atoms with Gasteiger partial charge >= 0.3 is 0 Å². The highest BCUT2D eigenvalue weighted by molar-refractivity contribution is 6.35. The molecule has 0 bridgehead atoms. The van der Waals surface area contributed by atoms with E-state index in [1.54, 1.807) is 10.6 Å². The number of nitrogens with two attached hydrogens (primary N) is 1. The van der Waals surface area contributed by atoms with E-state index in [4.69, 9.17) is 17.3 Å². The lowest BCUT2D eigenvalue weighted by Crippen LogP contribution is -2.27. The lowest BCUT2D eigenvalue weighted by atomic mass is 10.1. The third kappa shape index (κ3) is 2.65. The Kier molecular flexibility index (Phi) is 4.01. The summed E-state index contributed by atoms with van der Waals surface area (Å²) in [5.74, 6) is 0. The Morgan fingerprint density at radius 1 is 1.14 bits per heavy atom. The second-order valence-corrected chi connectivity index (χ2v) is 5.85. The molecule has 2 aromatic carbocycles. The normalized spacial score (nSPS) is 12.5. The minimum Gasteiger partial charge on any atom is -0.323 e. The van der Waals surface area contributed by atoms with Crippen molar-refractivity contribution in [3.63, 3.8) is 0 Å². The van der Waals surface area contributed by atoms with Crippen LogP contribution >= 0.6 is 11.6 Å². The van der Waals surface area contributed by atoms with E-state index in [2.05, 4.69) is 0 Å². The Morgan fingerprint density at radius 3 is 2.55 bits per heavy atom. The molecule has 1 heterocycles. The maximum Gasteiger partial charge on any atom is 0.260 e. The molecule has 3 nitrogen and oxygen atoms in total. The predicted octanol–water partition coefficient (Wildman–Crippen LogP) is 3.72. The molecule has 0 aliphatic carbocycles. The van der Waals surface area contributed by atoms with Crippen molar-refractivity contribution in [3.8, 4) is 0 Å². The van der Waals surface area contributed by atoms with Gasteiger partial charge in [-0.2, -0.15) is 0 Å². The van der Waals surface area contributed by atoms with Gasteiger partial charge in [-0.05, 0) is 30.0 Å². The van der Waals surface area contributed by atoms with E-state index >= 15 is 0 Å². The molecular weight excluding hydrogens is 296 g/mol. The highest BCUT2D eigenvalue weighted by atomic mass is 35.5. The standard InChI is InChI=1S/C18H17ClN2O/c1-12(20)16-10-14-8-5-9-15(19)17(14)18(22)21(16)11-13-6-3-2-4-7-13/h2-10,12H,11,20H2,1H3/t12-/m0/s1. The van der Waals surface area contributed by atoms with Gasteiger partial charge in [0.25, 0.3) is 5.56 Å². The van der Waals surface area contributed by atoms with Crippen molar-refractivity contribution in [1.29, 1.82) is 0 Å². The van der Waals surface area contributed by atoms with Crippen LogP contribution < -0.4 is 11.3 Å². The second kappa shape index (κ2) is 5.95. The zero-order valence-electron chi connectivity index (χ0n) is 12.3. The first kappa shape index (κ1) is 14.8. The van der Waals surface area contributed by atoms with Crippen LogP contribution in [-0.2, 0) is 6.54 Å². The van der Waals surface area contributed by atoms with Crippen molar-refractivity contribution in [2.75, 3.05) is 0 Å². The van der Waals surface area contributed by atoms with E-state index in [1.165, 1.54) is 0 Å². The molecule has 0 amide bonds. The molecule has 22 heavy (non-hydrogen) atoms. The summed E-state index contributed by atoms with van der Waals surface area (Å²) in [6, 6.07) is 17.1. The van der Waals surface area contributed by atoms with E-state index in [0.717, 1.165) is 16.6 Å². The molecule has 0 aliphatic heterocycles. The average molecular weight is 313 g/mol. The predicted molar refractivity (Wildman–Crippen MR) is 91.4 cm³/mol. The van der Waals surface area contributed by atoms with Gasteiger partial charge in [0.15, 0.2) is 0 Å². The van der Waals surface area contributed by atoms with Crippen molar-refractivity contribution in [1.82, 2.24) is 4.57 Å². The summed E-state index contributed by atoms with van der Waals surface area (Å²) in [4.78, 5) is 12.9. The van der Waals surface area contributed by atoms with Crippen LogP contribution in [-0.4, -0.2) is 4.57 Å². The van der Waals surface area contributed by atoms with Gasteiger partial charge in [0.1, 0.15) is 0 Å². The summed E-state index contributed by atoms with van der Waals surface area (Å²) in [5, 5.41) is 1.85. The monoisotopic (exact) mass is 312 g/mol. The number of benzene rings is 2. The summed E-state index contributed by atoms with van der Waals surface area (Å²) >= 11 is 6.22. The SMILES string of the molecule is C[C@H](N)c1cc2cccc(Cl)c2c(=O)n1Cc1ccccc1. The van der Waals surface area contributed by atoms with Gasteiger partial charge < -0.3 is 10.3 Å². The van der Waals surface area contributed by atoms with E-state index < -0.39 is 0 Å². The molecule has 1 aromatic heterocycles. The molecular formula is C18H17ClN2O. The number of pyridine rings is 1. The van der Waals surface area contributed by atoms with Crippen LogP contribution in [0.4, 0.5) is 0 Å². The molecule has 4 heteroatoms. The lowest BCUT2D eigenvalue weighted by molar-refractivity contribution is 0.650. The molecule has 0 saturated heterocycles. The molecule has 3 aromatic rings. The van der Waals surface area contributed by atoms with Gasteiger partial charge in [0.05, 0.1) is 17.0 Å². The Morgan fingerprint density at radius 2 is 1.86 bits per heavy atom. The highest BCUT2D eigenvalue weighted by Gasteiger charge is 2.14. The molecule has 3 rings (SSSR count). The van der Waals surface area contributed by atoms with Gasteiger partial charge in [-0.3, -0.25) is 4.79 Å². The zero-order valence-corrected chi connectivity index (χ0v) is 13.0. The summed E-state index contributed by atoms with van der Waals surface area (Å²) in [7, 11) is 0. The molecule has 0 fully saturated rings. The molecule has 0 spiro atoms. The van der Waals surface area contributed by atoms with Crippen molar-refractivity contribution in [3.05, 3.63) is 81.2 Å². The summed E-state index contributed by atoms with van der Waals surface area (Å²) in [6.07, 6.45) is 0. The fraction of sp³-hybridized carbons (Fsp3) is 0.167. The summed E-state index contributed by atoms with van der Waals surface area (Å²) in [5.41, 5.74) is 7.84. The number of aromatic nitrogens is 1. The van der Waals surface area contributed by atoms with Crippen molar-refractivity contribution in [2.45, 2.75) is 19.5 Å². The van der Waals surface area contributed by atoms with Crippen LogP contribution in [0.15, 0.2) is 59.4 Å². The Labute approximate surface area is 133 Å². The smallest absolute Gasteiger partial charge is 0.260 e. The molecule has 112 valence electrons. The molecule has 0 radical (unpaired) electrons. The fourth-order valence-corrected chi connectivity index (χ4v) is 2.95. The topological polar surface area (TPSA) is 48.0 Å². The summed E-state index contributed by atoms with van der Waals surface area (Å²) < 4.78 is 1.72. The van der Waals surface area contributed by atoms with Gasteiger partial charge in [-0.25, -0.2) is 0 Å². The number of hydrogen-bond donors (Lipinski definition) is 1. The third-order valence-corrected chi connectivity index (χ3v) is 4.08. The fourth-order valence-electron chi connectivity index (χ4n) is 2.68. The highest BCUT2D eigenvalue weighted by Crippen LogP contribution is 2.23. The van der Waals surface area contributed by atoms with Gasteiger partial charge in [-0.1, -0.05) is 54.1 Å². The number of fused-ring (bicyclic) bond motifs is 1. The first-order valence-electron chi connectivity index (χ1n) is 7.19. The largest absolute Gasteiger partial charge is 0.323 e. The van der Waals surface area contributed by atoms with Crippen molar-refractivity contribution >= 4 is 22.4 Å². The molecule has 0 unspecified atom stereocenters. The molecule has 2 N–H and O–H groups in total. The summed E-state index contributed by atoms with van der Waals surface area (Å²) in [6.45, 7) is 2.37. The first-order valence-corrected chi connectivity index (χ1v) is 7.57. The number of hydrogen-bond acceptors (Lipinski definition) is 2. The number of rotatable bonds is 3. The Balaban J connectivity index is 2.27. The van der Waals surface area contributed by atoms with Crippen LogP contribution in [0.1, 0.15) is 24.2 Å². The average Bonchev–Trinajstić information content (AvgIpc) is 2.50. The van der Waals surface area contributed by atoms with E-state index in [1.807, 2.05) is 55.5 Å². The van der Waals surface area contributed by atoms with Crippen LogP contribution in [0.3, 0.4) is 0 Å². The maximum atomic E-state index is 12.9. The zero-order chi connectivity index (χ0) is 15.7. The molecule has 0 aliphatic rings. The first-order chi connectivity index (χ1) is 10.6. The van der Waals surface area contributed by atoms with Crippen LogP contribution in [0.5, 0.6) is 0 Å². The van der Waals surface area contributed by atoms with Gasteiger partial charge in [0.2, 0.25) is 0 Å². The van der Waals surface area contributed by atoms with Crippen LogP contribution in [0, 0.1) is 0 Å². The lowest BCUT2D eigenvalue weighted by Gasteiger charge is -2.17. The third-order valence-electron chi connectivity index (χ3n) is 3.77. The minimum absolute atomic E-state index is 0.0979. The van der Waals surface area contributed by atoms with Crippen molar-refractivity contribution < 1.29 is 0 Å². The number of halogens is 1. The Bertz CT molecular complexity index is 869. The quantitative estimate of drug-likeness (QED) is 0.801. The van der Waals surface area contributed by atoms with E-state index in [9.17, 15) is 4.79 Å².